The van der Waals surface area contributed by atoms with Gasteiger partial charge in [-0.15, -0.1) is 12.4 Å². The molecule has 0 amide bonds. The number of hydrogen-bond acceptors (Lipinski definition) is 5. The maximum atomic E-state index is 12.5. The zero-order valence-corrected chi connectivity index (χ0v) is 16.8. The van der Waals surface area contributed by atoms with Crippen molar-refractivity contribution in [3.05, 3.63) is 51.9 Å². The van der Waals surface area contributed by atoms with Crippen LogP contribution >= 0.6 is 24.0 Å². The van der Waals surface area contributed by atoms with Gasteiger partial charge < -0.3 is 15.4 Å². The molecule has 0 saturated heterocycles. The summed E-state index contributed by atoms with van der Waals surface area (Å²) in [6.45, 7) is 0.764. The van der Waals surface area contributed by atoms with Gasteiger partial charge in [0.25, 0.3) is 5.56 Å². The molecule has 2 aromatic heterocycles. The number of aliphatic hydroxyl groups excluding tert-OH is 1. The highest BCUT2D eigenvalue weighted by Gasteiger charge is 2.19. The highest BCUT2D eigenvalue weighted by molar-refractivity contribution is 6.33. The van der Waals surface area contributed by atoms with Gasteiger partial charge in [0.05, 0.1) is 6.10 Å². The number of fused-ring (bicyclic) bond motifs is 1. The smallest absolute Gasteiger partial charge is 0.257 e. The van der Waals surface area contributed by atoms with Gasteiger partial charge in [0, 0.05) is 34.3 Å². The number of anilines is 1. The Morgan fingerprint density at radius 1 is 1.18 bits per heavy atom. The molecule has 0 unspecified atom stereocenters. The van der Waals surface area contributed by atoms with E-state index in [0.29, 0.717) is 33.7 Å². The molecule has 1 saturated carbocycles. The summed E-state index contributed by atoms with van der Waals surface area (Å²) in [5.74, 6) is 1.00. The highest BCUT2D eigenvalue weighted by Crippen LogP contribution is 2.27. The second-order valence-corrected chi connectivity index (χ2v) is 7.45. The summed E-state index contributed by atoms with van der Waals surface area (Å²) in [6.07, 6.45) is 5.24. The summed E-state index contributed by atoms with van der Waals surface area (Å²) in [5, 5.41) is 14.1. The minimum absolute atomic E-state index is 0. The summed E-state index contributed by atoms with van der Waals surface area (Å²) in [5.41, 5.74) is 1.44. The maximum Gasteiger partial charge on any atom is 0.257 e. The van der Waals surface area contributed by atoms with Gasteiger partial charge in [-0.3, -0.25) is 4.79 Å². The maximum absolute atomic E-state index is 12.5. The van der Waals surface area contributed by atoms with Crippen LogP contribution in [-0.4, -0.2) is 32.7 Å². The quantitative estimate of drug-likeness (QED) is 0.592. The molecular weight excluding hydrogens is 399 g/mol. The predicted octanol–water partition coefficient (Wildman–Crippen LogP) is 4.02. The monoisotopic (exact) mass is 420 g/mol. The van der Waals surface area contributed by atoms with E-state index in [9.17, 15) is 9.90 Å². The molecule has 4 rings (SSSR count). The fourth-order valence-electron chi connectivity index (χ4n) is 3.54. The molecule has 0 bridgehead atoms. The van der Waals surface area contributed by atoms with Crippen LogP contribution in [0.15, 0.2) is 41.3 Å². The van der Waals surface area contributed by atoms with Crippen molar-refractivity contribution in [2.75, 3.05) is 11.9 Å². The van der Waals surface area contributed by atoms with E-state index in [-0.39, 0.29) is 24.1 Å². The fourth-order valence-corrected chi connectivity index (χ4v) is 3.78. The second-order valence-electron chi connectivity index (χ2n) is 7.04. The first-order chi connectivity index (χ1) is 13.1. The fraction of sp³-hybridized carbons (Fsp3) is 0.350. The minimum Gasteiger partial charge on any atom is -0.393 e. The third-order valence-corrected chi connectivity index (χ3v) is 5.45. The molecule has 0 spiro atoms. The standard InChI is InChI=1S/C20H21ClN4O2.ClH/c21-17-4-2-1-3-15(17)16-9-13-11-23-20(25-18(13)24-19(16)27)22-10-12-5-7-14(26)8-6-12;/h1-4,9,11-12,14,26H,5-8,10H2,(H2,22,23,24,25,27);1H. The molecule has 1 fully saturated rings. The van der Waals surface area contributed by atoms with Gasteiger partial charge in [0.15, 0.2) is 0 Å². The Labute approximate surface area is 173 Å². The summed E-state index contributed by atoms with van der Waals surface area (Å²) < 4.78 is 0. The molecule has 3 aromatic rings. The van der Waals surface area contributed by atoms with Crippen LogP contribution in [0, 0.1) is 5.92 Å². The van der Waals surface area contributed by atoms with Gasteiger partial charge in [-0.25, -0.2) is 4.98 Å². The third-order valence-electron chi connectivity index (χ3n) is 5.12. The van der Waals surface area contributed by atoms with Crippen molar-refractivity contribution in [2.45, 2.75) is 31.8 Å². The number of rotatable bonds is 4. The Morgan fingerprint density at radius 3 is 2.68 bits per heavy atom. The number of aromatic amines is 1. The summed E-state index contributed by atoms with van der Waals surface area (Å²) in [6, 6.07) is 9.01. The van der Waals surface area contributed by atoms with Crippen molar-refractivity contribution in [2.24, 2.45) is 5.92 Å². The molecule has 1 aromatic carbocycles. The van der Waals surface area contributed by atoms with Crippen molar-refractivity contribution in [1.29, 1.82) is 0 Å². The number of halogens is 2. The topological polar surface area (TPSA) is 90.9 Å². The first kappa shape index (κ1) is 20.6. The van der Waals surface area contributed by atoms with Gasteiger partial charge in [-0.1, -0.05) is 29.8 Å². The van der Waals surface area contributed by atoms with E-state index < -0.39 is 0 Å². The van der Waals surface area contributed by atoms with Crippen LogP contribution in [0.2, 0.25) is 5.02 Å². The molecule has 3 N–H and O–H groups in total. The SMILES string of the molecule is Cl.O=c1[nH]c2nc(NCC3CCC(O)CC3)ncc2cc1-c1ccccc1Cl. The Balaban J connectivity index is 0.00000225. The predicted molar refractivity (Wildman–Crippen MR) is 114 cm³/mol. The van der Waals surface area contributed by atoms with Crippen molar-refractivity contribution in [1.82, 2.24) is 15.0 Å². The summed E-state index contributed by atoms with van der Waals surface area (Å²) in [4.78, 5) is 24.1. The molecular formula is C20H22Cl2N4O2. The van der Waals surface area contributed by atoms with Crippen molar-refractivity contribution < 1.29 is 5.11 Å². The number of aliphatic hydroxyl groups is 1. The van der Waals surface area contributed by atoms with Crippen LogP contribution in [0.5, 0.6) is 0 Å². The Morgan fingerprint density at radius 2 is 1.93 bits per heavy atom. The molecule has 6 nitrogen and oxygen atoms in total. The van der Waals surface area contributed by atoms with E-state index in [1.165, 1.54) is 0 Å². The van der Waals surface area contributed by atoms with Crippen LogP contribution in [-0.2, 0) is 0 Å². The number of nitrogens with one attached hydrogen (secondary N) is 2. The number of H-pyrrole nitrogens is 1. The van der Waals surface area contributed by atoms with Crippen LogP contribution < -0.4 is 10.9 Å². The van der Waals surface area contributed by atoms with Crippen molar-refractivity contribution in [3.8, 4) is 11.1 Å². The number of aromatic nitrogens is 3. The lowest BCUT2D eigenvalue weighted by molar-refractivity contribution is 0.111. The van der Waals surface area contributed by atoms with Crippen molar-refractivity contribution >= 4 is 41.0 Å². The first-order valence-electron chi connectivity index (χ1n) is 9.17. The summed E-state index contributed by atoms with van der Waals surface area (Å²) in [7, 11) is 0. The Hall–Kier alpha value is -2.15. The van der Waals surface area contributed by atoms with Crippen LogP contribution in [0.1, 0.15) is 25.7 Å². The molecule has 1 aliphatic rings. The van der Waals surface area contributed by atoms with E-state index in [4.69, 9.17) is 11.6 Å². The summed E-state index contributed by atoms with van der Waals surface area (Å²) >= 11 is 6.22. The largest absolute Gasteiger partial charge is 0.393 e. The molecule has 0 atom stereocenters. The van der Waals surface area contributed by atoms with E-state index in [1.54, 1.807) is 18.3 Å². The van der Waals surface area contributed by atoms with Gasteiger partial charge in [0.1, 0.15) is 5.65 Å². The normalized spacial score (nSPS) is 19.2. The van der Waals surface area contributed by atoms with Crippen LogP contribution in [0.3, 0.4) is 0 Å². The van der Waals surface area contributed by atoms with Crippen LogP contribution in [0.25, 0.3) is 22.2 Å². The Bertz CT molecular complexity index is 1020. The number of pyridine rings is 1. The zero-order chi connectivity index (χ0) is 18.8. The first-order valence-corrected chi connectivity index (χ1v) is 9.55. The van der Waals surface area contributed by atoms with E-state index in [1.807, 2.05) is 18.2 Å². The third kappa shape index (κ3) is 4.46. The molecule has 8 heteroatoms. The second kappa shape index (κ2) is 8.90. The zero-order valence-electron chi connectivity index (χ0n) is 15.2. The number of benzene rings is 1. The average Bonchev–Trinajstić information content (AvgIpc) is 2.67. The lowest BCUT2D eigenvalue weighted by Crippen LogP contribution is -2.24. The highest BCUT2D eigenvalue weighted by atomic mass is 35.5. The number of nitrogens with zero attached hydrogens (tertiary/aromatic N) is 2. The van der Waals surface area contributed by atoms with Crippen LogP contribution in [0.4, 0.5) is 5.95 Å². The molecule has 2 heterocycles. The lowest BCUT2D eigenvalue weighted by atomic mass is 9.87. The Kier molecular flexibility index (Phi) is 6.54. The minimum atomic E-state index is -0.235. The molecule has 0 radical (unpaired) electrons. The van der Waals surface area contributed by atoms with Gasteiger partial charge >= 0.3 is 0 Å². The molecule has 28 heavy (non-hydrogen) atoms. The number of hydrogen-bond donors (Lipinski definition) is 3. The lowest BCUT2D eigenvalue weighted by Gasteiger charge is -2.25. The van der Waals surface area contributed by atoms with E-state index in [2.05, 4.69) is 20.3 Å². The van der Waals surface area contributed by atoms with Gasteiger partial charge in [-0.2, -0.15) is 4.98 Å². The van der Waals surface area contributed by atoms with E-state index >= 15 is 0 Å². The van der Waals surface area contributed by atoms with E-state index in [0.717, 1.165) is 37.6 Å². The van der Waals surface area contributed by atoms with Gasteiger partial charge in [-0.05, 0) is 43.7 Å². The average molecular weight is 421 g/mol. The molecule has 1 aliphatic carbocycles. The molecule has 0 aliphatic heterocycles. The molecule has 148 valence electrons. The van der Waals surface area contributed by atoms with Gasteiger partial charge in [0.2, 0.25) is 5.95 Å². The van der Waals surface area contributed by atoms with Crippen molar-refractivity contribution in [3.63, 3.8) is 0 Å².